The summed E-state index contributed by atoms with van der Waals surface area (Å²) in [6.45, 7) is 2.15. The van der Waals surface area contributed by atoms with Crippen molar-refractivity contribution in [3.05, 3.63) is 0 Å². The molecule has 8 heteroatoms. The van der Waals surface area contributed by atoms with Crippen LogP contribution in [0.25, 0.3) is 0 Å². The van der Waals surface area contributed by atoms with Gasteiger partial charge in [-0.3, -0.25) is 9.59 Å². The second-order valence-electron chi connectivity index (χ2n) is 4.19. The first-order chi connectivity index (χ1) is 8.21. The van der Waals surface area contributed by atoms with Gasteiger partial charge < -0.3 is 10.2 Å². The van der Waals surface area contributed by atoms with E-state index in [2.05, 4.69) is 0 Å². The predicted octanol–water partition coefficient (Wildman–Crippen LogP) is 1.28. The Bertz CT molecular complexity index is 326. The first-order valence-electron chi connectivity index (χ1n) is 5.52. The SMILES string of the molecule is CC(Cl)C(=O)N1CCC(NC(=O)C(F)(F)F)CC1. The maximum atomic E-state index is 12.0. The van der Waals surface area contributed by atoms with Crippen molar-refractivity contribution in [3.63, 3.8) is 0 Å². The summed E-state index contributed by atoms with van der Waals surface area (Å²) in [4.78, 5) is 23.7. The van der Waals surface area contributed by atoms with Gasteiger partial charge in [0.05, 0.1) is 0 Å². The van der Waals surface area contributed by atoms with Gasteiger partial charge in [-0.25, -0.2) is 0 Å². The third-order valence-electron chi connectivity index (χ3n) is 2.74. The summed E-state index contributed by atoms with van der Waals surface area (Å²) in [5.41, 5.74) is 0. The third-order valence-corrected chi connectivity index (χ3v) is 2.93. The number of halogens is 4. The summed E-state index contributed by atoms with van der Waals surface area (Å²) < 4.78 is 36.1. The number of carbonyl (C=O) groups is 2. The van der Waals surface area contributed by atoms with E-state index >= 15 is 0 Å². The van der Waals surface area contributed by atoms with Crippen LogP contribution >= 0.6 is 11.6 Å². The highest BCUT2D eigenvalue weighted by Gasteiger charge is 2.40. The van der Waals surface area contributed by atoms with E-state index in [0.29, 0.717) is 25.9 Å². The monoisotopic (exact) mass is 286 g/mol. The number of nitrogens with one attached hydrogen (secondary N) is 1. The van der Waals surface area contributed by atoms with Gasteiger partial charge in [-0.05, 0) is 19.8 Å². The van der Waals surface area contributed by atoms with Crippen LogP contribution in [0.15, 0.2) is 0 Å². The molecule has 0 aliphatic carbocycles. The summed E-state index contributed by atoms with van der Waals surface area (Å²) in [6.07, 6.45) is -4.26. The zero-order valence-corrected chi connectivity index (χ0v) is 10.5. The van der Waals surface area contributed by atoms with Crippen molar-refractivity contribution < 1.29 is 22.8 Å². The number of nitrogens with zero attached hydrogens (tertiary/aromatic N) is 1. The van der Waals surface area contributed by atoms with Crippen molar-refractivity contribution in [3.8, 4) is 0 Å². The van der Waals surface area contributed by atoms with E-state index < -0.39 is 23.5 Å². The van der Waals surface area contributed by atoms with E-state index in [0.717, 1.165) is 0 Å². The number of rotatable bonds is 2. The highest BCUT2D eigenvalue weighted by molar-refractivity contribution is 6.30. The fraction of sp³-hybridized carbons (Fsp3) is 0.800. The summed E-state index contributed by atoms with van der Waals surface area (Å²) in [7, 11) is 0. The van der Waals surface area contributed by atoms with Crippen molar-refractivity contribution in [1.29, 1.82) is 0 Å². The number of likely N-dealkylation sites (tertiary alicyclic amines) is 1. The molecule has 0 radical (unpaired) electrons. The predicted molar refractivity (Wildman–Crippen MR) is 59.1 cm³/mol. The number of amides is 2. The standard InChI is InChI=1S/C10H14ClF3N2O2/c1-6(11)8(17)16-4-2-7(3-5-16)15-9(18)10(12,13)14/h6-7H,2-5H2,1H3,(H,15,18). The Labute approximate surface area is 107 Å². The molecule has 4 nitrogen and oxygen atoms in total. The van der Waals surface area contributed by atoms with Gasteiger partial charge in [0.25, 0.3) is 0 Å². The molecule has 18 heavy (non-hydrogen) atoms. The second kappa shape index (κ2) is 5.77. The Kier molecular flexibility index (Phi) is 4.84. The van der Waals surface area contributed by atoms with Gasteiger partial charge in [0.1, 0.15) is 5.38 Å². The number of piperidine rings is 1. The van der Waals surface area contributed by atoms with Crippen LogP contribution in [0.4, 0.5) is 13.2 Å². The lowest BCUT2D eigenvalue weighted by molar-refractivity contribution is -0.174. The fourth-order valence-corrected chi connectivity index (χ4v) is 1.90. The Morgan fingerprint density at radius 3 is 2.22 bits per heavy atom. The third kappa shape index (κ3) is 4.04. The van der Waals surface area contributed by atoms with E-state index in [1.165, 1.54) is 4.90 Å². The summed E-state index contributed by atoms with van der Waals surface area (Å²) in [6, 6.07) is -0.547. The largest absolute Gasteiger partial charge is 0.471 e. The lowest BCUT2D eigenvalue weighted by atomic mass is 10.0. The molecule has 1 N–H and O–H groups in total. The van der Waals surface area contributed by atoms with Crippen LogP contribution in [-0.2, 0) is 9.59 Å². The first kappa shape index (κ1) is 15.1. The van der Waals surface area contributed by atoms with Gasteiger partial charge in [0.2, 0.25) is 5.91 Å². The van der Waals surface area contributed by atoms with Crippen LogP contribution in [-0.4, -0.2) is 47.4 Å². The minimum atomic E-state index is -4.86. The number of alkyl halides is 4. The van der Waals surface area contributed by atoms with Gasteiger partial charge in [-0.15, -0.1) is 11.6 Å². The van der Waals surface area contributed by atoms with Crippen molar-refractivity contribution in [2.24, 2.45) is 0 Å². The van der Waals surface area contributed by atoms with E-state index in [4.69, 9.17) is 11.6 Å². The van der Waals surface area contributed by atoms with Crippen LogP contribution in [0.2, 0.25) is 0 Å². The van der Waals surface area contributed by atoms with E-state index in [1.807, 2.05) is 5.32 Å². The van der Waals surface area contributed by atoms with Crippen LogP contribution in [0.1, 0.15) is 19.8 Å². The lowest BCUT2D eigenvalue weighted by Crippen LogP contribution is -2.50. The molecule has 1 rings (SSSR count). The Morgan fingerprint density at radius 2 is 1.83 bits per heavy atom. The average Bonchev–Trinajstić information content (AvgIpc) is 2.27. The molecule has 0 aromatic heterocycles. The summed E-state index contributed by atoms with van der Waals surface area (Å²) in [5, 5.41) is 1.27. The zero-order chi connectivity index (χ0) is 13.9. The molecule has 1 aliphatic heterocycles. The van der Waals surface area contributed by atoms with Gasteiger partial charge in [-0.2, -0.15) is 13.2 Å². The molecule has 1 atom stereocenters. The van der Waals surface area contributed by atoms with E-state index in [-0.39, 0.29) is 5.91 Å². The lowest BCUT2D eigenvalue weighted by Gasteiger charge is -2.33. The Hall–Kier alpha value is -0.980. The number of carbonyl (C=O) groups excluding carboxylic acids is 2. The molecule has 1 unspecified atom stereocenters. The van der Waals surface area contributed by atoms with Crippen molar-refractivity contribution in [1.82, 2.24) is 10.2 Å². The van der Waals surface area contributed by atoms with E-state index in [9.17, 15) is 22.8 Å². The van der Waals surface area contributed by atoms with Crippen molar-refractivity contribution in [2.45, 2.75) is 37.4 Å². The highest BCUT2D eigenvalue weighted by Crippen LogP contribution is 2.17. The zero-order valence-electron chi connectivity index (χ0n) is 9.76. The van der Waals surface area contributed by atoms with Crippen LogP contribution in [0, 0.1) is 0 Å². The Morgan fingerprint density at radius 1 is 1.33 bits per heavy atom. The van der Waals surface area contributed by atoms with Crippen LogP contribution in [0.5, 0.6) is 0 Å². The van der Waals surface area contributed by atoms with Gasteiger partial charge >= 0.3 is 12.1 Å². The molecule has 0 aromatic carbocycles. The molecular weight excluding hydrogens is 273 g/mol. The molecule has 1 saturated heterocycles. The smallest absolute Gasteiger partial charge is 0.345 e. The quantitative estimate of drug-likeness (QED) is 0.778. The van der Waals surface area contributed by atoms with Crippen LogP contribution in [0.3, 0.4) is 0 Å². The normalized spacial score (nSPS) is 19.5. The minimum Gasteiger partial charge on any atom is -0.345 e. The molecule has 1 aliphatic rings. The molecule has 104 valence electrons. The van der Waals surface area contributed by atoms with Crippen molar-refractivity contribution in [2.75, 3.05) is 13.1 Å². The maximum Gasteiger partial charge on any atom is 0.471 e. The topological polar surface area (TPSA) is 49.4 Å². The first-order valence-corrected chi connectivity index (χ1v) is 5.96. The van der Waals surface area contributed by atoms with Crippen molar-refractivity contribution >= 4 is 23.4 Å². The fourth-order valence-electron chi connectivity index (χ4n) is 1.76. The molecule has 1 heterocycles. The van der Waals surface area contributed by atoms with Crippen LogP contribution < -0.4 is 5.32 Å². The minimum absolute atomic E-state index is 0.239. The molecule has 0 bridgehead atoms. The number of hydrogen-bond acceptors (Lipinski definition) is 2. The second-order valence-corrected chi connectivity index (χ2v) is 4.84. The molecule has 0 saturated carbocycles. The summed E-state index contributed by atoms with van der Waals surface area (Å²) >= 11 is 5.63. The van der Waals surface area contributed by atoms with Gasteiger partial charge in [-0.1, -0.05) is 0 Å². The average molecular weight is 287 g/mol. The number of hydrogen-bond donors (Lipinski definition) is 1. The molecule has 0 spiro atoms. The molecular formula is C10H14ClF3N2O2. The molecule has 1 fully saturated rings. The van der Waals surface area contributed by atoms with E-state index in [1.54, 1.807) is 6.92 Å². The maximum absolute atomic E-state index is 12.0. The van der Waals surface area contributed by atoms with Gasteiger partial charge in [0.15, 0.2) is 0 Å². The molecule has 2 amide bonds. The summed E-state index contributed by atoms with van der Waals surface area (Å²) in [5.74, 6) is -2.17. The van der Waals surface area contributed by atoms with Gasteiger partial charge in [0, 0.05) is 19.1 Å². The highest BCUT2D eigenvalue weighted by atomic mass is 35.5. The Balaban J connectivity index is 2.41. The molecule has 0 aromatic rings.